The first kappa shape index (κ1) is 17.2. The summed E-state index contributed by atoms with van der Waals surface area (Å²) >= 11 is 6.27. The van der Waals surface area contributed by atoms with Crippen LogP contribution in [0.3, 0.4) is 0 Å². The number of halogens is 1. The molecule has 0 saturated carbocycles. The van der Waals surface area contributed by atoms with Crippen LogP contribution in [-0.2, 0) is 25.6 Å². The molecule has 6 nitrogen and oxygen atoms in total. The lowest BCUT2D eigenvalue weighted by atomic mass is 9.76. The van der Waals surface area contributed by atoms with E-state index in [0.29, 0.717) is 44.4 Å². The molecule has 7 heteroatoms. The van der Waals surface area contributed by atoms with Crippen LogP contribution in [-0.4, -0.2) is 66.2 Å². The molecule has 0 N–H and O–H groups in total. The maximum absolute atomic E-state index is 13.3. The van der Waals surface area contributed by atoms with E-state index < -0.39 is 17.4 Å². The number of carbonyl (C=O) groups excluding carboxylic acids is 2. The molecule has 4 unspecified atom stereocenters. The number of rotatable bonds is 3. The fourth-order valence-corrected chi connectivity index (χ4v) is 5.02. The van der Waals surface area contributed by atoms with Crippen molar-refractivity contribution in [2.75, 3.05) is 32.8 Å². The van der Waals surface area contributed by atoms with Crippen molar-refractivity contribution in [3.63, 3.8) is 0 Å². The molecule has 0 radical (unpaired) electrons. The second kappa shape index (κ2) is 6.33. The Labute approximate surface area is 162 Å². The molecular weight excluding hydrogens is 368 g/mol. The number of ether oxygens (including phenoxy) is 2. The molecule has 1 aromatic carbocycles. The molecule has 2 bridgehead atoms. The van der Waals surface area contributed by atoms with E-state index in [1.807, 2.05) is 41.3 Å². The minimum atomic E-state index is -0.685. The van der Waals surface area contributed by atoms with Crippen LogP contribution in [0.4, 0.5) is 0 Å². The summed E-state index contributed by atoms with van der Waals surface area (Å²) in [5.41, 5.74) is 0.216. The first-order valence-corrected chi connectivity index (χ1v) is 9.73. The fourth-order valence-electron chi connectivity index (χ4n) is 4.82. The van der Waals surface area contributed by atoms with Crippen LogP contribution < -0.4 is 0 Å². The number of benzene rings is 1. The van der Waals surface area contributed by atoms with Crippen LogP contribution in [0.25, 0.3) is 0 Å². The summed E-state index contributed by atoms with van der Waals surface area (Å²) in [5.74, 6) is -0.914. The molecule has 2 amide bonds. The Kier molecular flexibility index (Phi) is 4.04. The Morgan fingerprint density at radius 2 is 2.04 bits per heavy atom. The zero-order valence-electron chi connectivity index (χ0n) is 14.8. The molecule has 5 rings (SSSR count). The van der Waals surface area contributed by atoms with E-state index in [0.717, 1.165) is 5.56 Å². The summed E-state index contributed by atoms with van der Waals surface area (Å²) in [5, 5.41) is 0.640. The topological polar surface area (TPSA) is 59.1 Å². The highest BCUT2D eigenvalue weighted by molar-refractivity contribution is 6.31. The van der Waals surface area contributed by atoms with E-state index in [1.54, 1.807) is 4.90 Å². The lowest BCUT2D eigenvalue weighted by Gasteiger charge is -2.32. The Bertz CT molecular complexity index is 822. The minimum absolute atomic E-state index is 0.00692. The molecular formula is C20H21ClN2O4. The van der Waals surface area contributed by atoms with Crippen molar-refractivity contribution in [1.82, 2.24) is 9.80 Å². The van der Waals surface area contributed by atoms with Gasteiger partial charge in [0.25, 0.3) is 0 Å². The third-order valence-electron chi connectivity index (χ3n) is 6.11. The van der Waals surface area contributed by atoms with Crippen LogP contribution >= 0.6 is 11.6 Å². The quantitative estimate of drug-likeness (QED) is 0.736. The largest absolute Gasteiger partial charge is 0.378 e. The van der Waals surface area contributed by atoms with Gasteiger partial charge in [0.2, 0.25) is 11.8 Å². The van der Waals surface area contributed by atoms with E-state index in [9.17, 15) is 9.59 Å². The predicted molar refractivity (Wildman–Crippen MR) is 98.0 cm³/mol. The molecule has 4 aliphatic heterocycles. The molecule has 4 heterocycles. The predicted octanol–water partition coefficient (Wildman–Crippen LogP) is 1.48. The van der Waals surface area contributed by atoms with Gasteiger partial charge in [-0.3, -0.25) is 9.59 Å². The summed E-state index contributed by atoms with van der Waals surface area (Å²) < 4.78 is 11.5. The summed E-state index contributed by atoms with van der Waals surface area (Å²) in [6.07, 6.45) is 3.62. The average Bonchev–Trinajstić information content (AvgIpc) is 3.32. The maximum atomic E-state index is 13.3. The molecule has 4 atom stereocenters. The zero-order valence-corrected chi connectivity index (χ0v) is 15.6. The number of morpholine rings is 1. The van der Waals surface area contributed by atoms with Gasteiger partial charge in [-0.05, 0) is 11.6 Å². The molecule has 3 saturated heterocycles. The van der Waals surface area contributed by atoms with Crippen molar-refractivity contribution in [2.45, 2.75) is 18.2 Å². The fraction of sp³-hybridized carbons (Fsp3) is 0.500. The summed E-state index contributed by atoms with van der Waals surface area (Å²) in [6.45, 7) is 3.12. The molecule has 1 spiro atoms. The van der Waals surface area contributed by atoms with Crippen molar-refractivity contribution in [2.24, 2.45) is 11.8 Å². The molecule has 142 valence electrons. The van der Waals surface area contributed by atoms with Crippen LogP contribution in [0, 0.1) is 11.8 Å². The van der Waals surface area contributed by atoms with Gasteiger partial charge in [0, 0.05) is 24.7 Å². The standard InChI is InChI=1S/C20H21ClN2O4/c21-14-4-2-1-3-13(14)11-23-12-20-6-5-15(27-20)16(17(20)19(23)25)18(24)22-7-9-26-10-8-22/h1-6,15-17H,7-12H2. The second-order valence-electron chi connectivity index (χ2n) is 7.62. The lowest BCUT2D eigenvalue weighted by Crippen LogP contribution is -2.49. The van der Waals surface area contributed by atoms with Gasteiger partial charge in [-0.25, -0.2) is 0 Å². The highest BCUT2D eigenvalue weighted by atomic mass is 35.5. The van der Waals surface area contributed by atoms with Gasteiger partial charge in [0.1, 0.15) is 5.60 Å². The van der Waals surface area contributed by atoms with Crippen LogP contribution in [0.5, 0.6) is 0 Å². The second-order valence-corrected chi connectivity index (χ2v) is 8.03. The van der Waals surface area contributed by atoms with E-state index in [2.05, 4.69) is 0 Å². The molecule has 0 aliphatic carbocycles. The van der Waals surface area contributed by atoms with Crippen LogP contribution in [0.15, 0.2) is 36.4 Å². The van der Waals surface area contributed by atoms with Crippen molar-refractivity contribution in [1.29, 1.82) is 0 Å². The van der Waals surface area contributed by atoms with Crippen molar-refractivity contribution in [3.8, 4) is 0 Å². The van der Waals surface area contributed by atoms with Crippen LogP contribution in [0.2, 0.25) is 5.02 Å². The highest BCUT2D eigenvalue weighted by Crippen LogP contribution is 2.52. The minimum Gasteiger partial charge on any atom is -0.378 e. The molecule has 3 fully saturated rings. The number of nitrogens with zero attached hydrogens (tertiary/aromatic N) is 2. The van der Waals surface area contributed by atoms with Crippen molar-refractivity contribution in [3.05, 3.63) is 47.0 Å². The van der Waals surface area contributed by atoms with E-state index in [1.165, 1.54) is 0 Å². The maximum Gasteiger partial charge on any atom is 0.230 e. The third-order valence-corrected chi connectivity index (χ3v) is 6.47. The van der Waals surface area contributed by atoms with Gasteiger partial charge >= 0.3 is 0 Å². The zero-order chi connectivity index (χ0) is 18.6. The van der Waals surface area contributed by atoms with E-state index in [4.69, 9.17) is 21.1 Å². The number of hydrogen-bond donors (Lipinski definition) is 0. The van der Waals surface area contributed by atoms with Crippen molar-refractivity contribution < 1.29 is 19.1 Å². The van der Waals surface area contributed by atoms with Gasteiger partial charge in [-0.15, -0.1) is 0 Å². The van der Waals surface area contributed by atoms with Gasteiger partial charge in [-0.1, -0.05) is 42.0 Å². The molecule has 4 aliphatic rings. The monoisotopic (exact) mass is 388 g/mol. The number of likely N-dealkylation sites (tertiary alicyclic amines) is 1. The smallest absolute Gasteiger partial charge is 0.230 e. The normalized spacial score (nSPS) is 34.4. The van der Waals surface area contributed by atoms with Crippen molar-refractivity contribution >= 4 is 23.4 Å². The molecule has 1 aromatic rings. The van der Waals surface area contributed by atoms with Gasteiger partial charge in [0.05, 0.1) is 37.7 Å². The highest BCUT2D eigenvalue weighted by Gasteiger charge is 2.67. The lowest BCUT2D eigenvalue weighted by molar-refractivity contribution is -0.146. The van der Waals surface area contributed by atoms with E-state index >= 15 is 0 Å². The summed E-state index contributed by atoms with van der Waals surface area (Å²) in [4.78, 5) is 30.0. The Hall–Kier alpha value is -1.89. The number of hydrogen-bond acceptors (Lipinski definition) is 4. The van der Waals surface area contributed by atoms with E-state index in [-0.39, 0.29) is 17.9 Å². The average molecular weight is 389 g/mol. The van der Waals surface area contributed by atoms with Gasteiger partial charge in [0.15, 0.2) is 0 Å². The third kappa shape index (κ3) is 2.62. The number of fused-ring (bicyclic) bond motifs is 1. The van der Waals surface area contributed by atoms with Crippen LogP contribution in [0.1, 0.15) is 5.56 Å². The Morgan fingerprint density at radius 1 is 1.26 bits per heavy atom. The number of carbonyl (C=O) groups is 2. The molecule has 0 aromatic heterocycles. The first-order chi connectivity index (χ1) is 13.1. The molecule has 27 heavy (non-hydrogen) atoms. The number of amides is 2. The summed E-state index contributed by atoms with van der Waals surface area (Å²) in [6, 6.07) is 7.53. The Balaban J connectivity index is 1.40. The van der Waals surface area contributed by atoms with Gasteiger partial charge in [-0.2, -0.15) is 0 Å². The Morgan fingerprint density at radius 3 is 2.81 bits per heavy atom. The SMILES string of the molecule is O=C(C1C2C=CC3(CN(Cc4ccccc4Cl)C(=O)C13)O2)N1CCOCC1. The summed E-state index contributed by atoms with van der Waals surface area (Å²) in [7, 11) is 0. The first-order valence-electron chi connectivity index (χ1n) is 9.35. The van der Waals surface area contributed by atoms with Gasteiger partial charge < -0.3 is 19.3 Å².